The molecule has 72 valence electrons. The third-order valence-electron chi connectivity index (χ3n) is 1.95. The minimum Gasteiger partial charge on any atom is -0.380 e. The van der Waals surface area contributed by atoms with Gasteiger partial charge in [0.05, 0.1) is 11.9 Å². The van der Waals surface area contributed by atoms with E-state index in [1.54, 1.807) is 7.11 Å². The number of methoxy groups -OCH3 is 1. The van der Waals surface area contributed by atoms with Crippen LogP contribution in [-0.2, 0) is 4.74 Å². The molecule has 0 aromatic heterocycles. The minimum absolute atomic E-state index is 0.347. The topological polar surface area (TPSA) is 36.3 Å². The first-order valence-corrected chi connectivity index (χ1v) is 4.57. The molecule has 3 nitrogen and oxygen atoms in total. The first kappa shape index (κ1) is 11.4. The summed E-state index contributed by atoms with van der Waals surface area (Å²) in [6.45, 7) is 7.69. The predicted octanol–water partition coefficient (Wildman–Crippen LogP) is 1.73. The molecule has 12 heavy (non-hydrogen) atoms. The predicted molar refractivity (Wildman–Crippen MR) is 51.7 cm³/mol. The van der Waals surface area contributed by atoms with Crippen LogP contribution in [-0.4, -0.2) is 37.0 Å². The van der Waals surface area contributed by atoms with Gasteiger partial charge in [-0.2, -0.15) is 0 Å². The van der Waals surface area contributed by atoms with Gasteiger partial charge in [0, 0.05) is 20.2 Å². The van der Waals surface area contributed by atoms with E-state index >= 15 is 0 Å². The van der Waals surface area contributed by atoms with Crippen LogP contribution in [0.5, 0.6) is 0 Å². The highest BCUT2D eigenvalue weighted by molar-refractivity contribution is 5.76. The zero-order chi connectivity index (χ0) is 9.56. The van der Waals surface area contributed by atoms with E-state index in [4.69, 9.17) is 10.1 Å². The molecule has 0 aromatic rings. The Hall–Kier alpha value is -0.570. The van der Waals surface area contributed by atoms with Crippen molar-refractivity contribution in [3.63, 3.8) is 0 Å². The maximum absolute atomic E-state index is 7.33. The van der Waals surface area contributed by atoms with Gasteiger partial charge in [0.1, 0.15) is 0 Å². The number of hydrogen-bond acceptors (Lipinski definition) is 2. The molecule has 1 N–H and O–H groups in total. The smallest absolute Gasteiger partial charge is 0.0926 e. The molecule has 0 bridgehead atoms. The molecule has 0 amide bonds. The van der Waals surface area contributed by atoms with E-state index in [0.29, 0.717) is 11.9 Å². The number of nitrogens with zero attached hydrogens (tertiary/aromatic N) is 1. The van der Waals surface area contributed by atoms with Gasteiger partial charge in [0.15, 0.2) is 0 Å². The van der Waals surface area contributed by atoms with E-state index in [9.17, 15) is 0 Å². The third kappa shape index (κ3) is 3.22. The fraction of sp³-hybridized carbons (Fsp3) is 0.889. The van der Waals surface area contributed by atoms with Crippen molar-refractivity contribution in [1.29, 1.82) is 5.41 Å². The molecule has 1 fully saturated rings. The molecule has 1 aliphatic heterocycles. The number of amidine groups is 1. The van der Waals surface area contributed by atoms with E-state index in [0.717, 1.165) is 19.5 Å². The molecule has 3 heteroatoms. The molecule has 1 heterocycles. The number of nitrogens with one attached hydrogen (secondary N) is 1. The van der Waals surface area contributed by atoms with Crippen molar-refractivity contribution in [2.45, 2.75) is 33.3 Å². The summed E-state index contributed by atoms with van der Waals surface area (Å²) in [5.41, 5.74) is 0. The van der Waals surface area contributed by atoms with E-state index < -0.39 is 0 Å². The molecule has 0 saturated carbocycles. The lowest BCUT2D eigenvalue weighted by molar-refractivity contribution is 0.114. The number of ether oxygens (including phenoxy) is 1. The molecule has 1 saturated heterocycles. The van der Waals surface area contributed by atoms with Crippen LogP contribution in [0.15, 0.2) is 0 Å². The summed E-state index contributed by atoms with van der Waals surface area (Å²) < 4.78 is 5.15. The summed E-state index contributed by atoms with van der Waals surface area (Å²) in [5, 5.41) is 7.33. The second kappa shape index (κ2) is 6.00. The average molecular weight is 172 g/mol. The minimum atomic E-state index is 0.347. The molecule has 0 spiro atoms. The van der Waals surface area contributed by atoms with E-state index in [2.05, 4.69) is 0 Å². The second-order valence-corrected chi connectivity index (χ2v) is 2.68. The number of likely N-dealkylation sites (tertiary alicyclic amines) is 1. The lowest BCUT2D eigenvalue weighted by Crippen LogP contribution is -2.26. The Kier molecular flexibility index (Phi) is 5.72. The molecular weight excluding hydrogens is 152 g/mol. The monoisotopic (exact) mass is 172 g/mol. The molecule has 0 radical (unpaired) electrons. The van der Waals surface area contributed by atoms with E-state index in [1.807, 2.05) is 25.7 Å². The van der Waals surface area contributed by atoms with Crippen molar-refractivity contribution in [3.05, 3.63) is 0 Å². The molecule has 1 aliphatic rings. The maximum atomic E-state index is 7.33. The lowest BCUT2D eigenvalue weighted by atomic mass is 10.3. The van der Waals surface area contributed by atoms with Crippen LogP contribution in [0.3, 0.4) is 0 Å². The van der Waals surface area contributed by atoms with Crippen molar-refractivity contribution >= 4 is 5.84 Å². The third-order valence-corrected chi connectivity index (χ3v) is 1.95. The average Bonchev–Trinajstić information content (AvgIpc) is 2.55. The summed E-state index contributed by atoms with van der Waals surface area (Å²) in [6, 6.07) is 0. The first-order chi connectivity index (χ1) is 5.74. The van der Waals surface area contributed by atoms with Gasteiger partial charge in [-0.05, 0) is 13.3 Å². The van der Waals surface area contributed by atoms with Crippen molar-refractivity contribution < 1.29 is 4.74 Å². The summed E-state index contributed by atoms with van der Waals surface area (Å²) in [4.78, 5) is 2.04. The van der Waals surface area contributed by atoms with Crippen LogP contribution >= 0.6 is 0 Å². The van der Waals surface area contributed by atoms with Crippen LogP contribution in [0.1, 0.15) is 27.2 Å². The van der Waals surface area contributed by atoms with Gasteiger partial charge in [0.25, 0.3) is 0 Å². The Morgan fingerprint density at radius 1 is 1.50 bits per heavy atom. The Bertz CT molecular complexity index is 136. The molecule has 0 aromatic carbocycles. The molecule has 0 unspecified atom stereocenters. The summed E-state index contributed by atoms with van der Waals surface area (Å²) in [7, 11) is 1.73. The quantitative estimate of drug-likeness (QED) is 0.483. The van der Waals surface area contributed by atoms with Crippen LogP contribution in [0, 0.1) is 5.41 Å². The fourth-order valence-corrected chi connectivity index (χ4v) is 1.23. The van der Waals surface area contributed by atoms with Gasteiger partial charge < -0.3 is 9.64 Å². The number of hydrogen-bond donors (Lipinski definition) is 1. The molecule has 1 atom stereocenters. The van der Waals surface area contributed by atoms with Crippen LogP contribution < -0.4 is 0 Å². The SMILES string of the molecule is CC.CO[C@H]1CCN(C(C)=N)C1. The summed E-state index contributed by atoms with van der Waals surface area (Å²) >= 11 is 0. The van der Waals surface area contributed by atoms with Crippen molar-refractivity contribution in [2.75, 3.05) is 20.2 Å². The van der Waals surface area contributed by atoms with E-state index in [1.165, 1.54) is 0 Å². The Balaban J connectivity index is 0.000000561. The van der Waals surface area contributed by atoms with Crippen molar-refractivity contribution in [3.8, 4) is 0 Å². The van der Waals surface area contributed by atoms with Crippen molar-refractivity contribution in [2.24, 2.45) is 0 Å². The zero-order valence-electron chi connectivity index (χ0n) is 8.55. The first-order valence-electron chi connectivity index (χ1n) is 4.57. The Morgan fingerprint density at radius 3 is 2.33 bits per heavy atom. The van der Waals surface area contributed by atoms with Gasteiger partial charge in [-0.25, -0.2) is 0 Å². The van der Waals surface area contributed by atoms with Gasteiger partial charge in [-0.15, -0.1) is 0 Å². The molecule has 0 aliphatic carbocycles. The van der Waals surface area contributed by atoms with Crippen LogP contribution in [0.25, 0.3) is 0 Å². The van der Waals surface area contributed by atoms with Crippen LogP contribution in [0.4, 0.5) is 0 Å². The highest BCUT2D eigenvalue weighted by Gasteiger charge is 2.21. The molecular formula is C9H20N2O. The van der Waals surface area contributed by atoms with Crippen molar-refractivity contribution in [1.82, 2.24) is 4.90 Å². The fourth-order valence-electron chi connectivity index (χ4n) is 1.23. The maximum Gasteiger partial charge on any atom is 0.0926 e. The number of rotatable bonds is 1. The van der Waals surface area contributed by atoms with Gasteiger partial charge in [-0.3, -0.25) is 5.41 Å². The second-order valence-electron chi connectivity index (χ2n) is 2.68. The highest BCUT2D eigenvalue weighted by atomic mass is 16.5. The van der Waals surface area contributed by atoms with Crippen LogP contribution in [0.2, 0.25) is 0 Å². The normalized spacial score (nSPS) is 21.7. The standard InChI is InChI=1S/C7H14N2O.C2H6/c1-6(8)9-4-3-7(5-9)10-2;1-2/h7-8H,3-5H2,1-2H3;1-2H3/t7-;/m0./s1. The Morgan fingerprint density at radius 2 is 2.08 bits per heavy atom. The lowest BCUT2D eigenvalue weighted by Gasteiger charge is -2.15. The van der Waals surface area contributed by atoms with Gasteiger partial charge >= 0.3 is 0 Å². The van der Waals surface area contributed by atoms with Gasteiger partial charge in [0.2, 0.25) is 0 Å². The van der Waals surface area contributed by atoms with E-state index in [-0.39, 0.29) is 0 Å². The molecule has 1 rings (SSSR count). The highest BCUT2D eigenvalue weighted by Crippen LogP contribution is 2.11. The Labute approximate surface area is 75.2 Å². The summed E-state index contributed by atoms with van der Waals surface area (Å²) in [6.07, 6.45) is 1.41. The largest absolute Gasteiger partial charge is 0.380 e. The zero-order valence-corrected chi connectivity index (χ0v) is 8.55. The summed E-state index contributed by atoms with van der Waals surface area (Å²) in [5.74, 6) is 0.652. The van der Waals surface area contributed by atoms with Gasteiger partial charge in [-0.1, -0.05) is 13.8 Å².